The highest BCUT2D eigenvalue weighted by molar-refractivity contribution is 5.97. The molecular formula is C23H32N4O4. The number of hydrogen-bond donors (Lipinski definition) is 0. The summed E-state index contributed by atoms with van der Waals surface area (Å²) in [6.45, 7) is 8.99. The van der Waals surface area contributed by atoms with Gasteiger partial charge in [0.1, 0.15) is 6.54 Å². The van der Waals surface area contributed by atoms with Gasteiger partial charge >= 0.3 is 0 Å². The SMILES string of the molecule is CCC(C)N(CC(=O)N(Cc1cccn1C)CC(C)C)C(=O)c1ccc([N+](=O)[O-])cc1. The third kappa shape index (κ3) is 6.41. The van der Waals surface area contributed by atoms with Gasteiger partial charge in [0, 0.05) is 49.2 Å². The summed E-state index contributed by atoms with van der Waals surface area (Å²) in [6, 6.07) is 9.27. The van der Waals surface area contributed by atoms with Crippen LogP contribution in [0.2, 0.25) is 0 Å². The van der Waals surface area contributed by atoms with Crippen molar-refractivity contribution in [3.05, 3.63) is 64.0 Å². The molecular weight excluding hydrogens is 396 g/mol. The second-order valence-electron chi connectivity index (χ2n) is 8.27. The summed E-state index contributed by atoms with van der Waals surface area (Å²) >= 11 is 0. The predicted octanol–water partition coefficient (Wildman–Crippen LogP) is 3.86. The lowest BCUT2D eigenvalue weighted by Crippen LogP contribution is -2.47. The van der Waals surface area contributed by atoms with E-state index in [1.807, 2.05) is 43.8 Å². The number of amides is 2. The lowest BCUT2D eigenvalue weighted by atomic mass is 10.1. The van der Waals surface area contributed by atoms with Gasteiger partial charge in [-0.3, -0.25) is 19.7 Å². The molecule has 0 aliphatic rings. The van der Waals surface area contributed by atoms with Gasteiger partial charge in [-0.1, -0.05) is 20.8 Å². The highest BCUT2D eigenvalue weighted by Crippen LogP contribution is 2.17. The van der Waals surface area contributed by atoms with Crippen LogP contribution < -0.4 is 0 Å². The van der Waals surface area contributed by atoms with Gasteiger partial charge in [-0.15, -0.1) is 0 Å². The minimum Gasteiger partial charge on any atom is -0.353 e. The van der Waals surface area contributed by atoms with Crippen LogP contribution in [-0.4, -0.2) is 50.2 Å². The van der Waals surface area contributed by atoms with Crippen molar-refractivity contribution >= 4 is 17.5 Å². The average Bonchev–Trinajstić information content (AvgIpc) is 3.14. The van der Waals surface area contributed by atoms with Gasteiger partial charge in [-0.2, -0.15) is 0 Å². The smallest absolute Gasteiger partial charge is 0.269 e. The largest absolute Gasteiger partial charge is 0.353 e. The number of non-ortho nitro benzene ring substituents is 1. The number of aryl methyl sites for hydroxylation is 1. The van der Waals surface area contributed by atoms with Crippen molar-refractivity contribution in [2.45, 2.75) is 46.7 Å². The lowest BCUT2D eigenvalue weighted by Gasteiger charge is -2.32. The Morgan fingerprint density at radius 3 is 2.26 bits per heavy atom. The number of carbonyl (C=O) groups is 2. The van der Waals surface area contributed by atoms with Gasteiger partial charge in [-0.05, 0) is 43.5 Å². The van der Waals surface area contributed by atoms with Gasteiger partial charge in [0.05, 0.1) is 11.5 Å². The standard InChI is InChI=1S/C23H32N4O4/c1-6-18(4)26(23(29)19-9-11-20(12-10-19)27(30)31)16-22(28)25(14-17(2)3)15-21-8-7-13-24(21)5/h7-13,17-18H,6,14-16H2,1-5H3. The number of carbonyl (C=O) groups excluding carboxylic acids is 2. The van der Waals surface area contributed by atoms with Crippen molar-refractivity contribution in [1.82, 2.24) is 14.4 Å². The highest BCUT2D eigenvalue weighted by Gasteiger charge is 2.26. The fourth-order valence-electron chi connectivity index (χ4n) is 3.34. The van der Waals surface area contributed by atoms with Crippen molar-refractivity contribution in [3.63, 3.8) is 0 Å². The molecule has 0 saturated heterocycles. The van der Waals surface area contributed by atoms with Crippen molar-refractivity contribution in [2.24, 2.45) is 13.0 Å². The van der Waals surface area contributed by atoms with Gasteiger partial charge in [0.25, 0.3) is 11.6 Å². The van der Waals surface area contributed by atoms with Crippen LogP contribution in [-0.2, 0) is 18.4 Å². The molecule has 0 spiro atoms. The molecule has 1 aromatic carbocycles. The van der Waals surface area contributed by atoms with Crippen LogP contribution >= 0.6 is 0 Å². The Morgan fingerprint density at radius 2 is 1.77 bits per heavy atom. The number of nitrogens with zero attached hydrogens (tertiary/aromatic N) is 4. The quantitative estimate of drug-likeness (QED) is 0.425. The van der Waals surface area contributed by atoms with E-state index in [2.05, 4.69) is 13.8 Å². The molecule has 0 aliphatic heterocycles. The molecule has 8 heteroatoms. The number of nitro benzene ring substituents is 1. The second kappa shape index (κ2) is 10.7. The molecule has 168 valence electrons. The second-order valence-corrected chi connectivity index (χ2v) is 8.27. The van der Waals surface area contributed by atoms with Gasteiger partial charge in [-0.25, -0.2) is 0 Å². The molecule has 0 fully saturated rings. The van der Waals surface area contributed by atoms with Crippen molar-refractivity contribution in [2.75, 3.05) is 13.1 Å². The summed E-state index contributed by atoms with van der Waals surface area (Å²) in [5.41, 5.74) is 1.27. The van der Waals surface area contributed by atoms with Crippen LogP contribution in [0.1, 0.15) is 50.2 Å². The molecule has 1 aromatic heterocycles. The van der Waals surface area contributed by atoms with Crippen LogP contribution in [0.4, 0.5) is 5.69 Å². The van der Waals surface area contributed by atoms with E-state index >= 15 is 0 Å². The topological polar surface area (TPSA) is 88.7 Å². The first kappa shape index (κ1) is 24.1. The fourth-order valence-corrected chi connectivity index (χ4v) is 3.34. The Balaban J connectivity index is 2.23. The maximum atomic E-state index is 13.3. The normalized spacial score (nSPS) is 11.9. The Labute approximate surface area is 183 Å². The molecule has 2 amide bonds. The summed E-state index contributed by atoms with van der Waals surface area (Å²) in [4.78, 5) is 40.2. The van der Waals surface area contributed by atoms with Crippen molar-refractivity contribution in [3.8, 4) is 0 Å². The Morgan fingerprint density at radius 1 is 1.13 bits per heavy atom. The van der Waals surface area contributed by atoms with Crippen LogP contribution in [0.15, 0.2) is 42.6 Å². The fraction of sp³-hybridized carbons (Fsp3) is 0.478. The molecule has 0 aliphatic carbocycles. The summed E-state index contributed by atoms with van der Waals surface area (Å²) < 4.78 is 1.98. The van der Waals surface area contributed by atoms with E-state index in [9.17, 15) is 19.7 Å². The molecule has 0 saturated carbocycles. The summed E-state index contributed by atoms with van der Waals surface area (Å²) in [6.07, 6.45) is 2.63. The molecule has 0 radical (unpaired) electrons. The van der Waals surface area contributed by atoms with Crippen molar-refractivity contribution in [1.29, 1.82) is 0 Å². The lowest BCUT2D eigenvalue weighted by molar-refractivity contribution is -0.384. The monoisotopic (exact) mass is 428 g/mol. The predicted molar refractivity (Wildman–Crippen MR) is 120 cm³/mol. The van der Waals surface area contributed by atoms with Crippen LogP contribution in [0.25, 0.3) is 0 Å². The molecule has 0 bridgehead atoms. The first-order valence-electron chi connectivity index (χ1n) is 10.6. The molecule has 2 aromatic rings. The molecule has 1 unspecified atom stereocenters. The first-order valence-corrected chi connectivity index (χ1v) is 10.6. The highest BCUT2D eigenvalue weighted by atomic mass is 16.6. The van der Waals surface area contributed by atoms with E-state index in [1.165, 1.54) is 24.3 Å². The molecule has 2 rings (SSSR count). The van der Waals surface area contributed by atoms with Gasteiger partial charge in [0.2, 0.25) is 5.91 Å². The minimum absolute atomic E-state index is 0.0397. The van der Waals surface area contributed by atoms with E-state index in [0.717, 1.165) is 5.69 Å². The summed E-state index contributed by atoms with van der Waals surface area (Å²) in [7, 11) is 1.94. The average molecular weight is 429 g/mol. The number of aromatic nitrogens is 1. The Bertz CT molecular complexity index is 905. The maximum absolute atomic E-state index is 13.3. The molecule has 1 heterocycles. The summed E-state index contributed by atoms with van der Waals surface area (Å²) in [5.74, 6) is -0.141. The van der Waals surface area contributed by atoms with E-state index in [4.69, 9.17) is 0 Å². The zero-order valence-corrected chi connectivity index (χ0v) is 18.9. The number of hydrogen-bond acceptors (Lipinski definition) is 4. The van der Waals surface area contributed by atoms with Gasteiger partial charge < -0.3 is 14.4 Å². The zero-order valence-electron chi connectivity index (χ0n) is 18.9. The Kier molecular flexibility index (Phi) is 8.36. The van der Waals surface area contributed by atoms with E-state index < -0.39 is 4.92 Å². The minimum atomic E-state index is -0.502. The number of nitro groups is 1. The maximum Gasteiger partial charge on any atom is 0.269 e. The molecule has 31 heavy (non-hydrogen) atoms. The van der Waals surface area contributed by atoms with Crippen molar-refractivity contribution < 1.29 is 14.5 Å². The summed E-state index contributed by atoms with van der Waals surface area (Å²) in [5, 5.41) is 10.9. The molecule has 1 atom stereocenters. The zero-order chi connectivity index (χ0) is 23.1. The third-order valence-electron chi connectivity index (χ3n) is 5.36. The number of benzene rings is 1. The Hall–Kier alpha value is -3.16. The van der Waals surface area contributed by atoms with Crippen LogP contribution in [0.3, 0.4) is 0 Å². The number of rotatable bonds is 10. The molecule has 8 nitrogen and oxygen atoms in total. The first-order chi connectivity index (χ1) is 14.6. The van der Waals surface area contributed by atoms with Crippen LogP contribution in [0.5, 0.6) is 0 Å². The van der Waals surface area contributed by atoms with Crippen LogP contribution in [0, 0.1) is 16.0 Å². The van der Waals surface area contributed by atoms with E-state index in [-0.39, 0.29) is 36.0 Å². The third-order valence-corrected chi connectivity index (χ3v) is 5.36. The van der Waals surface area contributed by atoms with E-state index in [0.29, 0.717) is 25.1 Å². The van der Waals surface area contributed by atoms with Gasteiger partial charge in [0.15, 0.2) is 0 Å². The van der Waals surface area contributed by atoms with E-state index in [1.54, 1.807) is 9.80 Å². The molecule has 0 N–H and O–H groups in total.